The maximum Gasteiger partial charge on any atom is 0.335 e. The van der Waals surface area contributed by atoms with Gasteiger partial charge in [0.25, 0.3) is 0 Å². The van der Waals surface area contributed by atoms with Crippen LogP contribution in [0.3, 0.4) is 0 Å². The molecule has 1 atom stereocenters. The molecule has 35 heavy (non-hydrogen) atoms. The van der Waals surface area contributed by atoms with E-state index in [2.05, 4.69) is 0 Å². The summed E-state index contributed by atoms with van der Waals surface area (Å²) in [4.78, 5) is 25.5. The van der Waals surface area contributed by atoms with Crippen molar-refractivity contribution in [3.05, 3.63) is 137 Å². The molecule has 4 aromatic carbocycles. The molecule has 0 heterocycles. The van der Waals surface area contributed by atoms with Crippen LogP contribution in [0, 0.1) is 10.1 Å². The average Bonchev–Trinajstić information content (AvgIpc) is 2.92. The number of carbonyl (C=O) groups excluding carboxylic acids is 1. The van der Waals surface area contributed by atoms with Crippen molar-refractivity contribution in [2.24, 2.45) is 0 Å². The van der Waals surface area contributed by atoms with Crippen molar-refractivity contribution in [3.63, 3.8) is 0 Å². The Labute approximate surface area is 205 Å². The summed E-state index contributed by atoms with van der Waals surface area (Å²) in [5.74, 6) is -1.32. The SMILES string of the molecule is COC(=O)C([C@H](C[N+](=O)[O-])c1ccccc1)=P(c1ccccc1)(c1ccccc1)c1ccccc1. The minimum Gasteiger partial charge on any atom is -0.466 e. The van der Waals surface area contributed by atoms with Crippen LogP contribution in [0.25, 0.3) is 0 Å². The minimum absolute atomic E-state index is 0.351. The van der Waals surface area contributed by atoms with Crippen molar-refractivity contribution in [2.45, 2.75) is 5.92 Å². The highest BCUT2D eigenvalue weighted by Gasteiger charge is 2.40. The number of hydrogen-bond acceptors (Lipinski definition) is 4. The van der Waals surface area contributed by atoms with Crippen LogP contribution in [0.15, 0.2) is 121 Å². The van der Waals surface area contributed by atoms with Gasteiger partial charge in [-0.3, -0.25) is 10.1 Å². The van der Waals surface area contributed by atoms with Crippen molar-refractivity contribution in [1.82, 2.24) is 0 Å². The molecule has 0 unspecified atom stereocenters. The zero-order valence-corrected chi connectivity index (χ0v) is 20.3. The predicted molar refractivity (Wildman–Crippen MR) is 143 cm³/mol. The average molecular weight is 484 g/mol. The van der Waals surface area contributed by atoms with Gasteiger partial charge >= 0.3 is 5.97 Å². The van der Waals surface area contributed by atoms with Gasteiger partial charge in [-0.15, -0.1) is 0 Å². The predicted octanol–water partition coefficient (Wildman–Crippen LogP) is 4.39. The number of nitro groups is 1. The lowest BCUT2D eigenvalue weighted by Crippen LogP contribution is -2.39. The summed E-state index contributed by atoms with van der Waals surface area (Å²) < 4.78 is 5.40. The highest BCUT2D eigenvalue weighted by molar-refractivity contribution is 7.96. The van der Waals surface area contributed by atoms with Crippen LogP contribution in [0.4, 0.5) is 0 Å². The van der Waals surface area contributed by atoms with E-state index in [4.69, 9.17) is 4.74 Å². The van der Waals surface area contributed by atoms with Gasteiger partial charge < -0.3 is 4.74 Å². The van der Waals surface area contributed by atoms with E-state index in [0.29, 0.717) is 10.9 Å². The second-order valence-corrected chi connectivity index (χ2v) is 11.4. The number of methoxy groups -OCH3 is 1. The smallest absolute Gasteiger partial charge is 0.335 e. The molecular formula is C29H26NO4P. The van der Waals surface area contributed by atoms with E-state index >= 15 is 0 Å². The third kappa shape index (κ3) is 4.82. The Balaban J connectivity index is 2.29. The van der Waals surface area contributed by atoms with Crippen LogP contribution in [0.2, 0.25) is 0 Å². The third-order valence-corrected chi connectivity index (χ3v) is 10.5. The van der Waals surface area contributed by atoms with E-state index in [0.717, 1.165) is 15.9 Å². The van der Waals surface area contributed by atoms with Gasteiger partial charge in [-0.2, -0.15) is 0 Å². The lowest BCUT2D eigenvalue weighted by atomic mass is 9.95. The Kier molecular flexibility index (Phi) is 7.59. The topological polar surface area (TPSA) is 69.4 Å². The summed E-state index contributed by atoms with van der Waals surface area (Å²) >= 11 is 0. The molecule has 0 bridgehead atoms. The molecule has 0 N–H and O–H groups in total. The monoisotopic (exact) mass is 483 g/mol. The second kappa shape index (κ2) is 11.0. The van der Waals surface area contributed by atoms with Gasteiger partial charge in [-0.25, -0.2) is 4.79 Å². The first kappa shape index (κ1) is 24.2. The Morgan fingerprint density at radius 1 is 0.743 bits per heavy atom. The molecule has 0 radical (unpaired) electrons. The zero-order chi connectivity index (χ0) is 24.7. The Hall–Kier alpha value is -3.95. The summed E-state index contributed by atoms with van der Waals surface area (Å²) in [6, 6.07) is 38.7. The van der Waals surface area contributed by atoms with Gasteiger partial charge in [0.05, 0.1) is 18.3 Å². The molecular weight excluding hydrogens is 457 g/mol. The van der Waals surface area contributed by atoms with E-state index in [1.807, 2.05) is 121 Å². The maximum atomic E-state index is 13.8. The van der Waals surface area contributed by atoms with Gasteiger partial charge in [0.15, 0.2) is 0 Å². The molecule has 5 nitrogen and oxygen atoms in total. The largest absolute Gasteiger partial charge is 0.466 e. The molecule has 0 aromatic heterocycles. The van der Waals surface area contributed by atoms with Crippen LogP contribution in [0.1, 0.15) is 11.5 Å². The number of rotatable bonds is 8. The van der Waals surface area contributed by atoms with Crippen molar-refractivity contribution in [2.75, 3.05) is 13.7 Å². The Morgan fingerprint density at radius 2 is 1.11 bits per heavy atom. The van der Waals surface area contributed by atoms with Crippen LogP contribution in [-0.4, -0.2) is 29.8 Å². The van der Waals surface area contributed by atoms with E-state index in [1.165, 1.54) is 7.11 Å². The number of hydrogen-bond donors (Lipinski definition) is 0. The number of carbonyl (C=O) groups is 1. The highest BCUT2D eigenvalue weighted by atomic mass is 31.2. The molecule has 4 rings (SSSR count). The molecule has 0 aliphatic carbocycles. The molecule has 0 aliphatic rings. The van der Waals surface area contributed by atoms with Gasteiger partial charge in [0.1, 0.15) is 0 Å². The molecule has 4 aromatic rings. The molecule has 0 spiro atoms. The molecule has 0 saturated carbocycles. The van der Waals surface area contributed by atoms with Crippen LogP contribution >= 0.6 is 6.89 Å². The molecule has 0 fully saturated rings. The summed E-state index contributed by atoms with van der Waals surface area (Å²) in [5.41, 5.74) is 0.705. The first-order valence-corrected chi connectivity index (χ1v) is 13.1. The minimum atomic E-state index is -2.88. The summed E-state index contributed by atoms with van der Waals surface area (Å²) in [5, 5.41) is 15.2. The summed E-state index contributed by atoms with van der Waals surface area (Å²) in [7, 11) is 1.34. The van der Waals surface area contributed by atoms with Crippen molar-refractivity contribution < 1.29 is 14.5 Å². The highest BCUT2D eigenvalue weighted by Crippen LogP contribution is 2.49. The Morgan fingerprint density at radius 3 is 1.46 bits per heavy atom. The molecule has 0 amide bonds. The standard InChI is InChI=1S/C29H26NO4P/c1-34-29(31)28(27(22-30(32)33)23-14-6-2-7-15-23)35(24-16-8-3-9-17-24,25-18-10-4-11-19-25)26-20-12-5-13-21-26/h2-21,27H,22H2,1H3/t27-/m1/s1. The molecule has 176 valence electrons. The molecule has 6 heteroatoms. The zero-order valence-electron chi connectivity index (χ0n) is 19.4. The van der Waals surface area contributed by atoms with Crippen molar-refractivity contribution in [3.8, 4) is 0 Å². The lowest BCUT2D eigenvalue weighted by Gasteiger charge is -2.34. The Bertz CT molecular complexity index is 1240. The van der Waals surface area contributed by atoms with E-state index in [-0.39, 0.29) is 4.92 Å². The van der Waals surface area contributed by atoms with E-state index in [1.54, 1.807) is 0 Å². The van der Waals surface area contributed by atoms with E-state index in [9.17, 15) is 14.9 Å². The number of nitrogens with zero attached hydrogens (tertiary/aromatic N) is 1. The second-order valence-electron chi connectivity index (χ2n) is 8.03. The van der Waals surface area contributed by atoms with Gasteiger partial charge in [0, 0.05) is 4.92 Å². The fourth-order valence-electron chi connectivity index (χ4n) is 4.62. The first-order valence-electron chi connectivity index (χ1n) is 11.3. The normalized spacial score (nSPS) is 11.9. The van der Waals surface area contributed by atoms with Gasteiger partial charge in [0.2, 0.25) is 6.54 Å². The van der Waals surface area contributed by atoms with E-state index < -0.39 is 25.3 Å². The lowest BCUT2D eigenvalue weighted by molar-refractivity contribution is -0.480. The van der Waals surface area contributed by atoms with Gasteiger partial charge in [-0.05, 0) is 28.4 Å². The number of benzene rings is 4. The quantitative estimate of drug-likeness (QED) is 0.161. The van der Waals surface area contributed by atoms with Crippen LogP contribution < -0.4 is 15.9 Å². The first-order chi connectivity index (χ1) is 17.1. The summed E-state index contributed by atoms with van der Waals surface area (Å²) in [6.07, 6.45) is 0. The van der Waals surface area contributed by atoms with Crippen LogP contribution in [-0.2, 0) is 9.53 Å². The van der Waals surface area contributed by atoms with Crippen molar-refractivity contribution >= 4 is 34.1 Å². The fraction of sp³-hybridized carbons (Fsp3) is 0.103. The summed E-state index contributed by atoms with van der Waals surface area (Å²) in [6.45, 7) is -3.30. The third-order valence-electron chi connectivity index (χ3n) is 6.05. The fourth-order valence-corrected chi connectivity index (χ4v) is 9.27. The molecule has 0 aliphatic heterocycles. The number of esters is 1. The van der Waals surface area contributed by atoms with Crippen molar-refractivity contribution in [1.29, 1.82) is 0 Å². The number of ether oxygens (including phenoxy) is 1. The van der Waals surface area contributed by atoms with Crippen LogP contribution in [0.5, 0.6) is 0 Å². The molecule has 0 saturated heterocycles. The maximum absolute atomic E-state index is 13.8. The van der Waals surface area contributed by atoms with Gasteiger partial charge in [-0.1, -0.05) is 121 Å².